The molecule has 9 heteroatoms. The molecule has 2 heterocycles. The van der Waals surface area contributed by atoms with Gasteiger partial charge in [-0.2, -0.15) is 0 Å². The third-order valence-electron chi connectivity index (χ3n) is 4.64. The van der Waals surface area contributed by atoms with Crippen LogP contribution < -0.4 is 11.2 Å². The molecule has 1 N–H and O–H groups in total. The summed E-state index contributed by atoms with van der Waals surface area (Å²) in [6.07, 6.45) is 1.83. The topological polar surface area (TPSA) is 99.0 Å². The summed E-state index contributed by atoms with van der Waals surface area (Å²) in [5.41, 5.74) is 0.525. The number of carbonyl (C=O) groups is 1. The molecule has 0 spiro atoms. The Morgan fingerprint density at radius 3 is 2.55 bits per heavy atom. The van der Waals surface area contributed by atoms with E-state index in [1.165, 1.54) is 4.57 Å². The number of ether oxygens (including phenoxy) is 1. The Labute approximate surface area is 175 Å². The summed E-state index contributed by atoms with van der Waals surface area (Å²) in [5, 5.41) is 0. The number of nitrogens with one attached hydrogen (secondary N) is 1. The van der Waals surface area contributed by atoms with Crippen LogP contribution in [0.4, 0.5) is 0 Å². The van der Waals surface area contributed by atoms with Crippen molar-refractivity contribution in [3.05, 3.63) is 61.0 Å². The van der Waals surface area contributed by atoms with Crippen molar-refractivity contribution >= 4 is 33.1 Å². The maximum atomic E-state index is 12.4. The third kappa shape index (κ3) is 4.67. The fraction of sp³-hybridized carbons (Fsp3) is 0.400. The zero-order chi connectivity index (χ0) is 21.0. The summed E-state index contributed by atoms with van der Waals surface area (Å²) in [7, 11) is 0. The number of unbranched alkanes of at least 4 members (excludes halogenated alkanes) is 1. The van der Waals surface area contributed by atoms with Gasteiger partial charge >= 0.3 is 11.7 Å². The number of aromatic amines is 1. The first-order valence-corrected chi connectivity index (χ1v) is 10.4. The van der Waals surface area contributed by atoms with Gasteiger partial charge in [-0.15, -0.1) is 0 Å². The Morgan fingerprint density at radius 2 is 1.90 bits per heavy atom. The number of hydrogen-bond donors (Lipinski definition) is 1. The zero-order valence-electron chi connectivity index (χ0n) is 16.4. The molecule has 0 saturated carbocycles. The van der Waals surface area contributed by atoms with Gasteiger partial charge in [-0.3, -0.25) is 19.1 Å². The predicted molar refractivity (Wildman–Crippen MR) is 113 cm³/mol. The fourth-order valence-corrected chi connectivity index (χ4v) is 3.42. The van der Waals surface area contributed by atoms with Crippen LogP contribution in [0.3, 0.4) is 0 Å². The van der Waals surface area contributed by atoms with E-state index in [0.717, 1.165) is 22.9 Å². The molecule has 0 atom stereocenters. The minimum atomic E-state index is -0.487. The maximum absolute atomic E-state index is 12.4. The number of esters is 1. The van der Waals surface area contributed by atoms with Crippen molar-refractivity contribution < 1.29 is 9.53 Å². The SMILES string of the molecule is CCCCn1c(=O)[nH]c(=O)c2c1nc(COC(=O)Cc1ccc(Br)cc1)n2CC. The highest BCUT2D eigenvalue weighted by molar-refractivity contribution is 9.10. The van der Waals surface area contributed by atoms with E-state index in [2.05, 4.69) is 25.9 Å². The molecular weight excluding hydrogens is 440 g/mol. The van der Waals surface area contributed by atoms with Crippen LogP contribution in [0.15, 0.2) is 38.3 Å². The van der Waals surface area contributed by atoms with Crippen LogP contribution in [0.2, 0.25) is 0 Å². The van der Waals surface area contributed by atoms with E-state index in [4.69, 9.17) is 4.74 Å². The minimum absolute atomic E-state index is 0.0701. The lowest BCUT2D eigenvalue weighted by Gasteiger charge is -2.07. The van der Waals surface area contributed by atoms with Crippen molar-refractivity contribution in [1.29, 1.82) is 0 Å². The molecule has 0 radical (unpaired) electrons. The lowest BCUT2D eigenvalue weighted by atomic mass is 10.2. The van der Waals surface area contributed by atoms with E-state index >= 15 is 0 Å². The maximum Gasteiger partial charge on any atom is 0.330 e. The molecule has 0 aliphatic heterocycles. The fourth-order valence-electron chi connectivity index (χ4n) is 3.16. The average molecular weight is 463 g/mol. The smallest absolute Gasteiger partial charge is 0.330 e. The molecule has 3 rings (SSSR count). The van der Waals surface area contributed by atoms with Gasteiger partial charge in [0.25, 0.3) is 5.56 Å². The summed E-state index contributed by atoms with van der Waals surface area (Å²) in [4.78, 5) is 43.7. The van der Waals surface area contributed by atoms with Crippen LogP contribution in [0.1, 0.15) is 38.1 Å². The number of halogens is 1. The summed E-state index contributed by atoms with van der Waals surface area (Å²) in [5.74, 6) is 0.0484. The van der Waals surface area contributed by atoms with E-state index in [-0.39, 0.29) is 19.0 Å². The summed E-state index contributed by atoms with van der Waals surface area (Å²) >= 11 is 3.36. The highest BCUT2D eigenvalue weighted by Crippen LogP contribution is 2.14. The van der Waals surface area contributed by atoms with Gasteiger partial charge in [0.15, 0.2) is 11.2 Å². The van der Waals surface area contributed by atoms with Gasteiger partial charge in [-0.25, -0.2) is 9.78 Å². The van der Waals surface area contributed by atoms with Crippen LogP contribution in [-0.2, 0) is 35.6 Å². The Morgan fingerprint density at radius 1 is 1.17 bits per heavy atom. The Kier molecular flexibility index (Phi) is 6.68. The van der Waals surface area contributed by atoms with Gasteiger partial charge in [0.05, 0.1) is 6.42 Å². The van der Waals surface area contributed by atoms with E-state index in [1.54, 1.807) is 4.57 Å². The Hall–Kier alpha value is -2.68. The summed E-state index contributed by atoms with van der Waals surface area (Å²) in [6, 6.07) is 7.42. The number of aromatic nitrogens is 4. The van der Waals surface area contributed by atoms with Gasteiger partial charge < -0.3 is 9.30 Å². The van der Waals surface area contributed by atoms with E-state index < -0.39 is 11.2 Å². The largest absolute Gasteiger partial charge is 0.457 e. The zero-order valence-corrected chi connectivity index (χ0v) is 18.0. The highest BCUT2D eigenvalue weighted by atomic mass is 79.9. The number of rotatable bonds is 8. The molecule has 0 amide bonds. The molecule has 2 aromatic heterocycles. The Bertz CT molecular complexity index is 1130. The number of hydrogen-bond acceptors (Lipinski definition) is 5. The standard InChI is InChI=1S/C20H23BrN4O4/c1-3-5-10-25-18-17(19(27)23-20(25)28)24(4-2)15(22-18)12-29-16(26)11-13-6-8-14(21)9-7-13/h6-9H,3-5,10-12H2,1-2H3,(H,23,27,28). The minimum Gasteiger partial charge on any atom is -0.457 e. The molecule has 0 fully saturated rings. The molecule has 154 valence electrons. The number of fused-ring (bicyclic) bond motifs is 1. The second kappa shape index (κ2) is 9.21. The highest BCUT2D eigenvalue weighted by Gasteiger charge is 2.18. The molecular formula is C20H23BrN4O4. The number of carbonyl (C=O) groups excluding carboxylic acids is 1. The van der Waals surface area contributed by atoms with Crippen molar-refractivity contribution in [2.45, 2.75) is 52.8 Å². The van der Waals surface area contributed by atoms with Crippen molar-refractivity contribution in [3.63, 3.8) is 0 Å². The summed E-state index contributed by atoms with van der Waals surface area (Å²) < 4.78 is 9.48. The molecule has 29 heavy (non-hydrogen) atoms. The average Bonchev–Trinajstić information content (AvgIpc) is 3.07. The first kappa shape index (κ1) is 21.0. The Balaban J connectivity index is 1.86. The second-order valence-corrected chi connectivity index (χ2v) is 7.59. The van der Waals surface area contributed by atoms with Crippen LogP contribution >= 0.6 is 15.9 Å². The van der Waals surface area contributed by atoms with Crippen LogP contribution in [0.5, 0.6) is 0 Å². The van der Waals surface area contributed by atoms with Crippen LogP contribution in [0, 0.1) is 0 Å². The first-order chi connectivity index (χ1) is 13.9. The predicted octanol–water partition coefficient (Wildman–Crippen LogP) is 2.75. The van der Waals surface area contributed by atoms with Crippen molar-refractivity contribution in [2.24, 2.45) is 0 Å². The number of H-pyrrole nitrogens is 1. The first-order valence-electron chi connectivity index (χ1n) is 9.56. The molecule has 0 unspecified atom stereocenters. The molecule has 0 saturated heterocycles. The molecule has 0 aliphatic carbocycles. The molecule has 1 aromatic carbocycles. The lowest BCUT2D eigenvalue weighted by molar-refractivity contribution is -0.144. The number of nitrogens with zero attached hydrogens (tertiary/aromatic N) is 3. The normalized spacial score (nSPS) is 11.1. The lowest BCUT2D eigenvalue weighted by Crippen LogP contribution is -2.31. The number of benzene rings is 1. The van der Waals surface area contributed by atoms with Gasteiger partial charge in [-0.1, -0.05) is 41.4 Å². The molecule has 0 aliphatic rings. The number of imidazole rings is 1. The molecule has 0 bridgehead atoms. The van der Waals surface area contributed by atoms with Gasteiger partial charge in [0, 0.05) is 17.6 Å². The quantitative estimate of drug-likeness (QED) is 0.518. The van der Waals surface area contributed by atoms with Crippen LogP contribution in [0.25, 0.3) is 11.2 Å². The van der Waals surface area contributed by atoms with Crippen LogP contribution in [-0.4, -0.2) is 25.1 Å². The monoisotopic (exact) mass is 462 g/mol. The van der Waals surface area contributed by atoms with E-state index in [9.17, 15) is 14.4 Å². The summed E-state index contributed by atoms with van der Waals surface area (Å²) in [6.45, 7) is 4.75. The van der Waals surface area contributed by atoms with Crippen molar-refractivity contribution in [1.82, 2.24) is 19.1 Å². The van der Waals surface area contributed by atoms with Gasteiger partial charge in [0.1, 0.15) is 12.4 Å². The van der Waals surface area contributed by atoms with E-state index in [1.807, 2.05) is 38.1 Å². The van der Waals surface area contributed by atoms with Gasteiger partial charge in [-0.05, 0) is 31.0 Å². The third-order valence-corrected chi connectivity index (χ3v) is 5.17. The van der Waals surface area contributed by atoms with Crippen molar-refractivity contribution in [2.75, 3.05) is 0 Å². The number of aryl methyl sites for hydroxylation is 2. The second-order valence-electron chi connectivity index (χ2n) is 6.67. The van der Waals surface area contributed by atoms with E-state index in [0.29, 0.717) is 30.1 Å². The molecule has 8 nitrogen and oxygen atoms in total. The molecule has 3 aromatic rings. The van der Waals surface area contributed by atoms with Crippen molar-refractivity contribution in [3.8, 4) is 0 Å². The van der Waals surface area contributed by atoms with Gasteiger partial charge in [0.2, 0.25) is 0 Å².